The summed E-state index contributed by atoms with van der Waals surface area (Å²) < 4.78 is 2.38. The average molecular weight is 299 g/mol. The van der Waals surface area contributed by atoms with Crippen LogP contribution >= 0.6 is 0 Å². The van der Waals surface area contributed by atoms with Gasteiger partial charge in [-0.1, -0.05) is 6.42 Å². The lowest BCUT2D eigenvalue weighted by atomic mass is 10.0. The predicted octanol–water partition coefficient (Wildman–Crippen LogP) is 1.73. The molecule has 4 heterocycles. The smallest absolute Gasteiger partial charge is 0.159 e. The van der Waals surface area contributed by atoms with Gasteiger partial charge < -0.3 is 15.2 Å². The summed E-state index contributed by atoms with van der Waals surface area (Å²) in [5, 5.41) is 7.11. The summed E-state index contributed by atoms with van der Waals surface area (Å²) in [4.78, 5) is 9.49. The Labute approximate surface area is 131 Å². The monoisotopic (exact) mass is 299 g/mol. The molecule has 2 aliphatic rings. The summed E-state index contributed by atoms with van der Waals surface area (Å²) in [6.45, 7) is 4.45. The molecule has 2 aliphatic heterocycles. The molecule has 0 radical (unpaired) electrons. The van der Waals surface area contributed by atoms with E-state index >= 15 is 0 Å². The highest BCUT2D eigenvalue weighted by atomic mass is 15.1. The summed E-state index contributed by atoms with van der Waals surface area (Å²) in [6, 6.07) is 4.65. The molecule has 0 aliphatic carbocycles. The summed E-state index contributed by atoms with van der Waals surface area (Å²) >= 11 is 0. The molecule has 118 valence electrons. The van der Waals surface area contributed by atoms with Gasteiger partial charge in [-0.25, -0.2) is 9.97 Å². The van der Waals surface area contributed by atoms with Gasteiger partial charge in [0.25, 0.3) is 0 Å². The van der Waals surface area contributed by atoms with E-state index in [9.17, 15) is 0 Å². The van der Waals surface area contributed by atoms with Crippen LogP contribution in [-0.4, -0.2) is 40.2 Å². The Morgan fingerprint density at radius 3 is 3.05 bits per heavy atom. The number of hydrogen-bond donors (Lipinski definition) is 2. The molecule has 2 aromatic heterocycles. The first-order valence-electron chi connectivity index (χ1n) is 8.64. The summed E-state index contributed by atoms with van der Waals surface area (Å²) in [6.07, 6.45) is 8.08. The van der Waals surface area contributed by atoms with Crippen LogP contribution in [0.25, 0.3) is 11.2 Å². The van der Waals surface area contributed by atoms with Crippen LogP contribution in [0.15, 0.2) is 18.3 Å². The van der Waals surface area contributed by atoms with Gasteiger partial charge in [-0.3, -0.25) is 0 Å². The van der Waals surface area contributed by atoms with Crippen molar-refractivity contribution in [1.82, 2.24) is 25.2 Å². The van der Waals surface area contributed by atoms with E-state index in [0.29, 0.717) is 12.0 Å². The van der Waals surface area contributed by atoms with Gasteiger partial charge in [0.15, 0.2) is 5.65 Å². The van der Waals surface area contributed by atoms with E-state index in [1.165, 1.54) is 31.5 Å². The number of hydrogen-bond acceptors (Lipinski definition) is 4. The summed E-state index contributed by atoms with van der Waals surface area (Å²) in [7, 11) is 0. The Bertz CT molecular complexity index is 623. The lowest BCUT2D eigenvalue weighted by Crippen LogP contribution is -2.36. The van der Waals surface area contributed by atoms with Gasteiger partial charge in [-0.2, -0.15) is 0 Å². The second-order valence-electron chi connectivity index (χ2n) is 6.69. The largest absolute Gasteiger partial charge is 0.316 e. The molecule has 0 saturated carbocycles. The highest BCUT2D eigenvalue weighted by Crippen LogP contribution is 2.21. The molecule has 22 heavy (non-hydrogen) atoms. The molecule has 2 atom stereocenters. The van der Waals surface area contributed by atoms with Crippen molar-refractivity contribution in [3.05, 3.63) is 24.2 Å². The second kappa shape index (κ2) is 6.34. The zero-order valence-corrected chi connectivity index (χ0v) is 13.1. The fraction of sp³-hybridized carbons (Fsp3) is 0.647. The molecule has 2 unspecified atom stereocenters. The van der Waals surface area contributed by atoms with Crippen molar-refractivity contribution in [2.24, 2.45) is 5.92 Å². The number of rotatable bonds is 4. The maximum absolute atomic E-state index is 4.89. The molecule has 2 fully saturated rings. The van der Waals surface area contributed by atoms with Crippen LogP contribution < -0.4 is 10.6 Å². The molecule has 0 aromatic carbocycles. The Hall–Kier alpha value is -1.46. The first-order chi connectivity index (χ1) is 10.9. The number of pyridine rings is 1. The van der Waals surface area contributed by atoms with E-state index in [1.54, 1.807) is 0 Å². The summed E-state index contributed by atoms with van der Waals surface area (Å²) in [5.41, 5.74) is 2.10. The normalized spacial score (nSPS) is 25.8. The van der Waals surface area contributed by atoms with Crippen molar-refractivity contribution in [2.75, 3.05) is 19.6 Å². The predicted molar refractivity (Wildman–Crippen MR) is 87.9 cm³/mol. The van der Waals surface area contributed by atoms with Gasteiger partial charge >= 0.3 is 0 Å². The van der Waals surface area contributed by atoms with Gasteiger partial charge in [-0.05, 0) is 56.9 Å². The molecule has 2 saturated heterocycles. The maximum atomic E-state index is 4.89. The number of piperidine rings is 1. The van der Waals surface area contributed by atoms with Gasteiger partial charge in [0.1, 0.15) is 11.3 Å². The van der Waals surface area contributed by atoms with Gasteiger partial charge in [0, 0.05) is 25.2 Å². The highest BCUT2D eigenvalue weighted by Gasteiger charge is 2.22. The standard InChI is InChI=1S/C17H25N5/c1-2-7-19-14(4-1)10-16-21-15-5-3-8-20-17(15)22(16)12-13-6-9-18-11-13/h3,5,8,13-14,18-19H,1-2,4,6-7,9-12H2. The van der Waals surface area contributed by atoms with E-state index in [2.05, 4.69) is 26.3 Å². The Morgan fingerprint density at radius 2 is 2.23 bits per heavy atom. The average Bonchev–Trinajstić information content (AvgIpc) is 3.18. The SMILES string of the molecule is c1cnc2c(c1)nc(CC1CCCCN1)n2CC1CCNC1. The number of fused-ring (bicyclic) bond motifs is 1. The van der Waals surface area contributed by atoms with Crippen molar-refractivity contribution in [2.45, 2.75) is 44.7 Å². The molecule has 2 aromatic rings. The van der Waals surface area contributed by atoms with Gasteiger partial charge in [-0.15, -0.1) is 0 Å². The molecule has 5 heteroatoms. The zero-order chi connectivity index (χ0) is 14.8. The van der Waals surface area contributed by atoms with Crippen molar-refractivity contribution >= 4 is 11.2 Å². The van der Waals surface area contributed by atoms with Crippen LogP contribution in [0.5, 0.6) is 0 Å². The minimum atomic E-state index is 0.575. The number of aromatic nitrogens is 3. The minimum Gasteiger partial charge on any atom is -0.316 e. The number of imidazole rings is 1. The fourth-order valence-corrected chi connectivity index (χ4v) is 3.80. The topological polar surface area (TPSA) is 54.8 Å². The van der Waals surface area contributed by atoms with E-state index in [1.807, 2.05) is 12.3 Å². The number of nitrogens with one attached hydrogen (secondary N) is 2. The Balaban J connectivity index is 1.62. The maximum Gasteiger partial charge on any atom is 0.159 e. The van der Waals surface area contributed by atoms with Crippen LogP contribution in [0, 0.1) is 5.92 Å². The van der Waals surface area contributed by atoms with Gasteiger partial charge in [0.2, 0.25) is 0 Å². The molecular weight excluding hydrogens is 274 g/mol. The second-order valence-corrected chi connectivity index (χ2v) is 6.69. The third kappa shape index (κ3) is 2.88. The van der Waals surface area contributed by atoms with Crippen molar-refractivity contribution in [3.8, 4) is 0 Å². The van der Waals surface area contributed by atoms with Crippen molar-refractivity contribution < 1.29 is 0 Å². The highest BCUT2D eigenvalue weighted by molar-refractivity contribution is 5.71. The Kier molecular flexibility index (Phi) is 4.08. The lowest BCUT2D eigenvalue weighted by Gasteiger charge is -2.23. The summed E-state index contributed by atoms with van der Waals surface area (Å²) in [5.74, 6) is 1.91. The molecule has 4 rings (SSSR count). The molecule has 0 spiro atoms. The number of nitrogens with zero attached hydrogens (tertiary/aromatic N) is 3. The van der Waals surface area contributed by atoms with E-state index < -0.39 is 0 Å². The van der Waals surface area contributed by atoms with Gasteiger partial charge in [0.05, 0.1) is 0 Å². The van der Waals surface area contributed by atoms with Crippen LogP contribution in [0.3, 0.4) is 0 Å². The molecule has 0 bridgehead atoms. The quantitative estimate of drug-likeness (QED) is 0.903. The van der Waals surface area contributed by atoms with Crippen molar-refractivity contribution in [1.29, 1.82) is 0 Å². The third-order valence-electron chi connectivity index (χ3n) is 5.03. The van der Waals surface area contributed by atoms with Crippen LogP contribution in [0.4, 0.5) is 0 Å². The van der Waals surface area contributed by atoms with E-state index in [4.69, 9.17) is 4.98 Å². The first kappa shape index (κ1) is 14.2. The third-order valence-corrected chi connectivity index (χ3v) is 5.03. The first-order valence-corrected chi connectivity index (χ1v) is 8.64. The molecule has 2 N–H and O–H groups in total. The van der Waals surface area contributed by atoms with Crippen LogP contribution in [0.1, 0.15) is 31.5 Å². The zero-order valence-electron chi connectivity index (χ0n) is 13.1. The lowest BCUT2D eigenvalue weighted by molar-refractivity contribution is 0.385. The van der Waals surface area contributed by atoms with E-state index in [-0.39, 0.29) is 0 Å². The van der Waals surface area contributed by atoms with E-state index in [0.717, 1.165) is 43.8 Å². The molecular formula is C17H25N5. The van der Waals surface area contributed by atoms with Crippen LogP contribution in [0.2, 0.25) is 0 Å². The fourth-order valence-electron chi connectivity index (χ4n) is 3.80. The Morgan fingerprint density at radius 1 is 1.23 bits per heavy atom. The van der Waals surface area contributed by atoms with Crippen LogP contribution in [-0.2, 0) is 13.0 Å². The minimum absolute atomic E-state index is 0.575. The molecule has 0 amide bonds. The molecule has 5 nitrogen and oxygen atoms in total. The van der Waals surface area contributed by atoms with Crippen molar-refractivity contribution in [3.63, 3.8) is 0 Å².